The topological polar surface area (TPSA) is 81.4 Å². The average Bonchev–Trinajstić information content (AvgIpc) is 2.39. The van der Waals surface area contributed by atoms with Crippen LogP contribution in [0.3, 0.4) is 0 Å². The molecular formula is C12H20N2O3. The highest BCUT2D eigenvalue weighted by Gasteiger charge is 2.53. The summed E-state index contributed by atoms with van der Waals surface area (Å²) in [4.78, 5) is 23.2. The monoisotopic (exact) mass is 240 g/mol. The van der Waals surface area contributed by atoms with E-state index in [4.69, 9.17) is 10.5 Å². The second-order valence-electron chi connectivity index (χ2n) is 5.30. The first-order valence-corrected chi connectivity index (χ1v) is 6.15. The van der Waals surface area contributed by atoms with Gasteiger partial charge in [0.25, 0.3) is 0 Å². The Morgan fingerprint density at radius 3 is 2.12 bits per heavy atom. The molecule has 17 heavy (non-hydrogen) atoms. The van der Waals surface area contributed by atoms with Crippen LogP contribution in [0.4, 0.5) is 0 Å². The van der Waals surface area contributed by atoms with Gasteiger partial charge in [-0.15, -0.1) is 0 Å². The minimum atomic E-state index is -0.288. The van der Waals surface area contributed by atoms with Gasteiger partial charge in [-0.1, -0.05) is 0 Å². The lowest BCUT2D eigenvalue weighted by Gasteiger charge is -2.51. The smallest absolute Gasteiger partial charge is 0.311 e. The van der Waals surface area contributed by atoms with E-state index in [9.17, 15) is 9.59 Å². The Labute approximate surface area is 101 Å². The molecule has 0 aromatic rings. The lowest BCUT2D eigenvalue weighted by Crippen LogP contribution is -2.59. The summed E-state index contributed by atoms with van der Waals surface area (Å²) < 4.78 is 4.90. The van der Waals surface area contributed by atoms with Gasteiger partial charge in [-0.2, -0.15) is 0 Å². The average molecular weight is 240 g/mol. The number of nitrogens with one attached hydrogen (secondary N) is 1. The predicted molar refractivity (Wildman–Crippen MR) is 62.1 cm³/mol. The molecule has 0 unspecified atom stereocenters. The van der Waals surface area contributed by atoms with E-state index in [1.165, 1.54) is 7.11 Å². The summed E-state index contributed by atoms with van der Waals surface area (Å²) in [5, 5.41) is 3.03. The molecule has 0 spiro atoms. The number of methoxy groups -OCH3 is 1. The fourth-order valence-corrected chi connectivity index (χ4v) is 3.24. The van der Waals surface area contributed by atoms with E-state index in [2.05, 4.69) is 5.32 Å². The van der Waals surface area contributed by atoms with Crippen molar-refractivity contribution >= 4 is 11.9 Å². The Hall–Kier alpha value is -1.10. The quantitative estimate of drug-likeness (QED) is 0.696. The molecule has 2 bridgehead atoms. The van der Waals surface area contributed by atoms with Crippen molar-refractivity contribution < 1.29 is 14.3 Å². The summed E-state index contributed by atoms with van der Waals surface area (Å²) in [6.07, 6.45) is 5.00. The molecule has 3 fully saturated rings. The van der Waals surface area contributed by atoms with Crippen molar-refractivity contribution in [3.63, 3.8) is 0 Å². The van der Waals surface area contributed by atoms with Crippen LogP contribution in [0.15, 0.2) is 0 Å². The van der Waals surface area contributed by atoms with Crippen LogP contribution in [0.25, 0.3) is 0 Å². The molecule has 3 aliphatic carbocycles. The number of carbonyl (C=O) groups is 2. The van der Waals surface area contributed by atoms with Crippen molar-refractivity contribution in [1.29, 1.82) is 0 Å². The summed E-state index contributed by atoms with van der Waals surface area (Å²) in [6.45, 7) is 0.0316. The number of amides is 1. The van der Waals surface area contributed by atoms with E-state index in [1.807, 2.05) is 0 Å². The maximum Gasteiger partial charge on any atom is 0.311 e. The molecule has 5 heteroatoms. The van der Waals surface area contributed by atoms with Gasteiger partial charge in [0.05, 0.1) is 19.1 Å². The zero-order valence-electron chi connectivity index (χ0n) is 10.3. The highest BCUT2D eigenvalue weighted by atomic mass is 16.5. The van der Waals surface area contributed by atoms with Crippen molar-refractivity contribution in [2.75, 3.05) is 13.7 Å². The second-order valence-corrected chi connectivity index (χ2v) is 5.30. The standard InChI is InChI=1S/C12H20N2O3/c1-17-10(16)11-2-5-12(6-3-11,7-4-11)14-9(15)8-13/h2-8,13H2,1H3,(H,14,15). The van der Waals surface area contributed by atoms with Gasteiger partial charge in [0.2, 0.25) is 5.91 Å². The number of esters is 1. The highest BCUT2D eigenvalue weighted by Crippen LogP contribution is 2.52. The molecule has 5 nitrogen and oxygen atoms in total. The molecule has 0 heterocycles. The molecule has 0 aromatic carbocycles. The van der Waals surface area contributed by atoms with Gasteiger partial charge in [0.1, 0.15) is 0 Å². The Morgan fingerprint density at radius 2 is 1.71 bits per heavy atom. The Kier molecular flexibility index (Phi) is 3.12. The summed E-state index contributed by atoms with van der Waals surface area (Å²) in [7, 11) is 1.45. The van der Waals surface area contributed by atoms with Crippen molar-refractivity contribution in [3.05, 3.63) is 0 Å². The Bertz CT molecular complexity index is 316. The molecule has 3 rings (SSSR count). The SMILES string of the molecule is COC(=O)C12CCC(NC(=O)CN)(CC1)CC2. The first-order valence-electron chi connectivity index (χ1n) is 6.15. The Morgan fingerprint density at radius 1 is 1.18 bits per heavy atom. The zero-order chi connectivity index (χ0) is 12.5. The summed E-state index contributed by atoms with van der Waals surface area (Å²) in [5.74, 6) is -0.187. The van der Waals surface area contributed by atoms with Gasteiger partial charge >= 0.3 is 5.97 Å². The van der Waals surface area contributed by atoms with Crippen LogP contribution < -0.4 is 11.1 Å². The van der Waals surface area contributed by atoms with Crippen LogP contribution in [-0.2, 0) is 14.3 Å². The molecular weight excluding hydrogens is 220 g/mol. The normalized spacial score (nSPS) is 35.4. The van der Waals surface area contributed by atoms with E-state index >= 15 is 0 Å². The first kappa shape index (κ1) is 12.4. The predicted octanol–water partition coefficient (Wildman–Crippen LogP) is 0.327. The molecule has 0 aromatic heterocycles. The van der Waals surface area contributed by atoms with Crippen LogP contribution in [0.1, 0.15) is 38.5 Å². The number of carbonyl (C=O) groups excluding carboxylic acids is 2. The lowest BCUT2D eigenvalue weighted by atomic mass is 9.57. The number of rotatable bonds is 3. The van der Waals surface area contributed by atoms with E-state index in [-0.39, 0.29) is 29.4 Å². The number of nitrogens with two attached hydrogens (primary N) is 1. The van der Waals surface area contributed by atoms with Crippen molar-refractivity contribution in [3.8, 4) is 0 Å². The fourth-order valence-electron chi connectivity index (χ4n) is 3.24. The van der Waals surface area contributed by atoms with E-state index < -0.39 is 0 Å². The lowest BCUT2D eigenvalue weighted by molar-refractivity contribution is -0.160. The Balaban J connectivity index is 2.04. The van der Waals surface area contributed by atoms with Crippen LogP contribution in [-0.4, -0.2) is 31.1 Å². The fraction of sp³-hybridized carbons (Fsp3) is 0.833. The van der Waals surface area contributed by atoms with E-state index in [0.29, 0.717) is 0 Å². The zero-order valence-corrected chi connectivity index (χ0v) is 10.3. The molecule has 3 saturated carbocycles. The minimum Gasteiger partial charge on any atom is -0.469 e. The third-order valence-electron chi connectivity index (χ3n) is 4.45. The molecule has 0 aliphatic heterocycles. The molecule has 0 saturated heterocycles. The summed E-state index contributed by atoms with van der Waals surface area (Å²) in [5.41, 5.74) is 4.92. The summed E-state index contributed by atoms with van der Waals surface area (Å²) >= 11 is 0. The van der Waals surface area contributed by atoms with Gasteiger partial charge in [-0.25, -0.2) is 0 Å². The van der Waals surface area contributed by atoms with Gasteiger partial charge in [-0.3, -0.25) is 9.59 Å². The molecule has 0 atom stereocenters. The largest absolute Gasteiger partial charge is 0.469 e. The van der Waals surface area contributed by atoms with Crippen molar-refractivity contribution in [1.82, 2.24) is 5.32 Å². The molecule has 1 amide bonds. The maximum atomic E-state index is 11.8. The third-order valence-corrected chi connectivity index (χ3v) is 4.45. The van der Waals surface area contributed by atoms with Crippen LogP contribution >= 0.6 is 0 Å². The van der Waals surface area contributed by atoms with Gasteiger partial charge in [0.15, 0.2) is 0 Å². The maximum absolute atomic E-state index is 11.8. The van der Waals surface area contributed by atoms with Crippen LogP contribution in [0.2, 0.25) is 0 Å². The number of hydrogen-bond acceptors (Lipinski definition) is 4. The minimum absolute atomic E-state index is 0.0316. The molecule has 3 aliphatic rings. The van der Waals surface area contributed by atoms with Crippen molar-refractivity contribution in [2.24, 2.45) is 11.1 Å². The van der Waals surface area contributed by atoms with Crippen LogP contribution in [0, 0.1) is 5.41 Å². The first-order chi connectivity index (χ1) is 8.06. The number of hydrogen-bond donors (Lipinski definition) is 2. The second kappa shape index (κ2) is 4.29. The molecule has 0 radical (unpaired) electrons. The highest BCUT2D eigenvalue weighted by molar-refractivity contribution is 5.80. The van der Waals surface area contributed by atoms with Gasteiger partial charge in [0, 0.05) is 5.54 Å². The van der Waals surface area contributed by atoms with Crippen molar-refractivity contribution in [2.45, 2.75) is 44.1 Å². The number of ether oxygens (including phenoxy) is 1. The van der Waals surface area contributed by atoms with E-state index in [1.54, 1.807) is 0 Å². The van der Waals surface area contributed by atoms with Gasteiger partial charge in [-0.05, 0) is 38.5 Å². The third kappa shape index (κ3) is 2.04. The molecule has 96 valence electrons. The number of fused-ring (bicyclic) bond motifs is 3. The summed E-state index contributed by atoms with van der Waals surface area (Å²) in [6, 6.07) is 0. The molecule has 3 N–H and O–H groups in total. The van der Waals surface area contributed by atoms with Gasteiger partial charge < -0.3 is 15.8 Å². The van der Waals surface area contributed by atoms with Crippen LogP contribution in [0.5, 0.6) is 0 Å². The van der Waals surface area contributed by atoms with E-state index in [0.717, 1.165) is 38.5 Å².